The minimum atomic E-state index is -0.676. The van der Waals surface area contributed by atoms with Gasteiger partial charge >= 0.3 is 5.97 Å². The minimum absolute atomic E-state index is 0.0944. The standard InChI is InChI=1S/C24H41NO3/c1-14(4-9-22(27)28)18-7-8-19-17-6-5-15-12-16(26)10-11-23(15,2)20(17)13-21(25)24(18,19)3/h14-21,26H,4-13,25H2,1-3H3,(H,27,28)/t14?,15?,16-,17?,18?,19?,20?,21?,23?,24-/m1/s1. The molecule has 4 aliphatic rings. The van der Waals surface area contributed by atoms with Crippen molar-refractivity contribution in [3.63, 3.8) is 0 Å². The lowest BCUT2D eigenvalue weighted by molar-refractivity contribution is -0.139. The van der Waals surface area contributed by atoms with Crippen LogP contribution < -0.4 is 5.73 Å². The van der Waals surface area contributed by atoms with Crippen LogP contribution in [0.1, 0.15) is 85.0 Å². The quantitative estimate of drug-likeness (QED) is 0.661. The Morgan fingerprint density at radius 3 is 2.57 bits per heavy atom. The van der Waals surface area contributed by atoms with Crippen molar-refractivity contribution in [2.24, 2.45) is 52.1 Å². The van der Waals surface area contributed by atoms with Crippen molar-refractivity contribution in [2.75, 3.05) is 0 Å². The Labute approximate surface area is 170 Å². The topological polar surface area (TPSA) is 83.5 Å². The lowest BCUT2D eigenvalue weighted by Gasteiger charge is -2.63. The largest absolute Gasteiger partial charge is 0.481 e. The van der Waals surface area contributed by atoms with Gasteiger partial charge in [-0.25, -0.2) is 0 Å². The van der Waals surface area contributed by atoms with Crippen LogP contribution >= 0.6 is 0 Å². The Hall–Kier alpha value is -0.610. The van der Waals surface area contributed by atoms with Crippen LogP contribution in [0.15, 0.2) is 0 Å². The lowest BCUT2D eigenvalue weighted by atomic mass is 9.43. The van der Waals surface area contributed by atoms with Crippen LogP contribution in [0.25, 0.3) is 0 Å². The Morgan fingerprint density at radius 2 is 1.86 bits per heavy atom. The summed E-state index contributed by atoms with van der Waals surface area (Å²) in [6.45, 7) is 7.23. The van der Waals surface area contributed by atoms with Crippen molar-refractivity contribution in [1.29, 1.82) is 0 Å². The summed E-state index contributed by atoms with van der Waals surface area (Å²) in [6, 6.07) is 0.223. The van der Waals surface area contributed by atoms with E-state index in [0.29, 0.717) is 35.0 Å². The number of rotatable bonds is 4. The van der Waals surface area contributed by atoms with Gasteiger partial charge in [0, 0.05) is 12.5 Å². The number of nitrogens with two attached hydrogens (primary N) is 1. The number of carboxylic acid groups (broad SMARTS) is 1. The number of hydrogen-bond donors (Lipinski definition) is 3. The smallest absolute Gasteiger partial charge is 0.303 e. The van der Waals surface area contributed by atoms with E-state index >= 15 is 0 Å². The number of fused-ring (bicyclic) bond motifs is 5. The Kier molecular flexibility index (Phi) is 5.36. The monoisotopic (exact) mass is 391 g/mol. The summed E-state index contributed by atoms with van der Waals surface area (Å²) in [5, 5.41) is 19.3. The van der Waals surface area contributed by atoms with Gasteiger partial charge < -0.3 is 15.9 Å². The fourth-order valence-corrected chi connectivity index (χ4v) is 8.80. The second kappa shape index (κ2) is 7.27. The summed E-state index contributed by atoms with van der Waals surface area (Å²) in [7, 11) is 0. The maximum atomic E-state index is 11.1. The number of hydrogen-bond acceptors (Lipinski definition) is 3. The molecule has 0 bridgehead atoms. The maximum Gasteiger partial charge on any atom is 0.303 e. The second-order valence-corrected chi connectivity index (χ2v) is 11.4. The molecule has 4 rings (SSSR count). The first-order valence-corrected chi connectivity index (χ1v) is 11.8. The molecule has 4 aliphatic carbocycles. The average Bonchev–Trinajstić information content (AvgIpc) is 3.00. The summed E-state index contributed by atoms with van der Waals surface area (Å²) in [6.07, 6.45) is 10.3. The van der Waals surface area contributed by atoms with Gasteiger partial charge in [-0.2, -0.15) is 0 Å². The van der Waals surface area contributed by atoms with Crippen LogP contribution in [0.2, 0.25) is 0 Å². The van der Waals surface area contributed by atoms with Crippen LogP contribution in [0.4, 0.5) is 0 Å². The molecule has 8 unspecified atom stereocenters. The van der Waals surface area contributed by atoms with Crippen molar-refractivity contribution >= 4 is 5.97 Å². The number of aliphatic carboxylic acids is 1. The van der Waals surface area contributed by atoms with Crippen molar-refractivity contribution < 1.29 is 15.0 Å². The molecule has 10 atom stereocenters. The average molecular weight is 392 g/mol. The fourth-order valence-electron chi connectivity index (χ4n) is 8.80. The molecular weight excluding hydrogens is 350 g/mol. The first kappa shape index (κ1) is 20.7. The van der Waals surface area contributed by atoms with E-state index in [1.807, 2.05) is 0 Å². The van der Waals surface area contributed by atoms with Crippen LogP contribution in [-0.2, 0) is 4.79 Å². The highest BCUT2D eigenvalue weighted by Gasteiger charge is 2.63. The molecule has 0 spiro atoms. The van der Waals surface area contributed by atoms with Gasteiger partial charge in [-0.15, -0.1) is 0 Å². The van der Waals surface area contributed by atoms with E-state index in [4.69, 9.17) is 10.8 Å². The van der Waals surface area contributed by atoms with E-state index in [0.717, 1.165) is 38.0 Å². The van der Waals surface area contributed by atoms with Crippen LogP contribution in [-0.4, -0.2) is 28.3 Å². The van der Waals surface area contributed by atoms with Crippen LogP contribution in [0, 0.1) is 46.3 Å². The van der Waals surface area contributed by atoms with Gasteiger partial charge in [0.25, 0.3) is 0 Å². The van der Waals surface area contributed by atoms with Crippen LogP contribution in [0.3, 0.4) is 0 Å². The highest BCUT2D eigenvalue weighted by molar-refractivity contribution is 5.66. The van der Waals surface area contributed by atoms with Crippen molar-refractivity contribution in [3.8, 4) is 0 Å². The number of aliphatic hydroxyl groups excluding tert-OH is 1. The molecule has 4 fully saturated rings. The molecule has 4 nitrogen and oxygen atoms in total. The molecule has 0 amide bonds. The normalized spacial score (nSPS) is 51.7. The predicted molar refractivity (Wildman–Crippen MR) is 111 cm³/mol. The van der Waals surface area contributed by atoms with Crippen LogP contribution in [0.5, 0.6) is 0 Å². The maximum absolute atomic E-state index is 11.1. The SMILES string of the molecule is CC(CCC(=O)O)C1CCC2C3CCC4C[C@H](O)CCC4(C)C3CC(N)[C@]12C. The minimum Gasteiger partial charge on any atom is -0.481 e. The van der Waals surface area contributed by atoms with Gasteiger partial charge in [0.05, 0.1) is 6.10 Å². The molecule has 0 saturated heterocycles. The summed E-state index contributed by atoms with van der Waals surface area (Å²) in [4.78, 5) is 11.1. The van der Waals surface area contributed by atoms with Gasteiger partial charge in [-0.1, -0.05) is 20.8 Å². The molecule has 0 aromatic carbocycles. The summed E-state index contributed by atoms with van der Waals surface area (Å²) in [5.41, 5.74) is 7.51. The van der Waals surface area contributed by atoms with E-state index in [1.165, 1.54) is 25.7 Å². The summed E-state index contributed by atoms with van der Waals surface area (Å²) in [5.74, 6) is 3.17. The second-order valence-electron chi connectivity index (χ2n) is 11.4. The van der Waals surface area contributed by atoms with Gasteiger partial charge in [0.2, 0.25) is 0 Å². The van der Waals surface area contributed by atoms with E-state index in [9.17, 15) is 9.90 Å². The third-order valence-corrected chi connectivity index (χ3v) is 10.4. The number of carbonyl (C=O) groups is 1. The third-order valence-electron chi connectivity index (χ3n) is 10.4. The molecule has 0 radical (unpaired) electrons. The van der Waals surface area contributed by atoms with Crippen molar-refractivity contribution in [3.05, 3.63) is 0 Å². The zero-order chi connectivity index (χ0) is 20.3. The zero-order valence-electron chi connectivity index (χ0n) is 18.1. The van der Waals surface area contributed by atoms with Gasteiger partial charge in [-0.3, -0.25) is 4.79 Å². The van der Waals surface area contributed by atoms with E-state index in [-0.39, 0.29) is 24.0 Å². The van der Waals surface area contributed by atoms with E-state index in [1.54, 1.807) is 0 Å². The molecule has 160 valence electrons. The molecule has 4 saturated carbocycles. The Morgan fingerprint density at radius 1 is 1.11 bits per heavy atom. The van der Waals surface area contributed by atoms with Gasteiger partial charge in [-0.05, 0) is 104 Å². The molecule has 0 aliphatic heterocycles. The van der Waals surface area contributed by atoms with Crippen molar-refractivity contribution in [1.82, 2.24) is 0 Å². The lowest BCUT2D eigenvalue weighted by Crippen LogP contribution is -2.61. The third kappa shape index (κ3) is 3.05. The van der Waals surface area contributed by atoms with Gasteiger partial charge in [0.15, 0.2) is 0 Å². The Bertz CT molecular complexity index is 609. The molecular formula is C24H41NO3. The molecule has 4 heteroatoms. The summed E-state index contributed by atoms with van der Waals surface area (Å²) < 4.78 is 0. The zero-order valence-corrected chi connectivity index (χ0v) is 18.1. The van der Waals surface area contributed by atoms with E-state index in [2.05, 4.69) is 20.8 Å². The first-order valence-electron chi connectivity index (χ1n) is 11.8. The molecule has 28 heavy (non-hydrogen) atoms. The Balaban J connectivity index is 1.56. The fraction of sp³-hybridized carbons (Fsp3) is 0.958. The van der Waals surface area contributed by atoms with Gasteiger partial charge in [0.1, 0.15) is 0 Å². The highest BCUT2D eigenvalue weighted by Crippen LogP contribution is 2.68. The first-order chi connectivity index (χ1) is 13.2. The summed E-state index contributed by atoms with van der Waals surface area (Å²) >= 11 is 0. The highest BCUT2D eigenvalue weighted by atomic mass is 16.4. The molecule has 0 aromatic heterocycles. The molecule has 0 heterocycles. The number of carboxylic acids is 1. The van der Waals surface area contributed by atoms with E-state index < -0.39 is 5.97 Å². The van der Waals surface area contributed by atoms with Crippen molar-refractivity contribution in [2.45, 2.75) is 97.1 Å². The molecule has 0 aromatic rings. The molecule has 4 N–H and O–H groups in total. The number of aliphatic hydroxyl groups is 1. The predicted octanol–water partition coefficient (Wildman–Crippen LogP) is 4.44.